The average molecular weight is 383 g/mol. The molecule has 0 bridgehead atoms. The predicted molar refractivity (Wildman–Crippen MR) is 105 cm³/mol. The molecule has 1 heterocycles. The number of hydrogen-bond acceptors (Lipinski definition) is 5. The molecule has 6 nitrogen and oxygen atoms in total. The highest BCUT2D eigenvalue weighted by atomic mass is 16.6. The Hall–Kier alpha value is -3.02. The second-order valence-electron chi connectivity index (χ2n) is 6.62. The Kier molecular flexibility index (Phi) is 6.53. The number of hydrogen-bond donors (Lipinski definition) is 0. The van der Waals surface area contributed by atoms with E-state index in [0.717, 1.165) is 19.3 Å². The number of benzene rings is 2. The molecule has 1 saturated heterocycles. The molecule has 2 aromatic rings. The van der Waals surface area contributed by atoms with E-state index >= 15 is 0 Å². The molecule has 0 aromatic heterocycles. The van der Waals surface area contributed by atoms with Crippen LogP contribution in [0.1, 0.15) is 41.3 Å². The van der Waals surface area contributed by atoms with Gasteiger partial charge >= 0.3 is 5.97 Å². The monoisotopic (exact) mass is 383 g/mol. The molecule has 28 heavy (non-hydrogen) atoms. The molecule has 0 aliphatic carbocycles. The van der Waals surface area contributed by atoms with Crippen molar-refractivity contribution in [2.75, 3.05) is 27.3 Å². The summed E-state index contributed by atoms with van der Waals surface area (Å²) < 4.78 is 16.3. The summed E-state index contributed by atoms with van der Waals surface area (Å²) >= 11 is 0. The number of piperidine rings is 1. The van der Waals surface area contributed by atoms with Gasteiger partial charge in [-0.2, -0.15) is 0 Å². The molecule has 3 rings (SSSR count). The number of carbonyl (C=O) groups is 2. The van der Waals surface area contributed by atoms with Crippen molar-refractivity contribution in [2.24, 2.45) is 0 Å². The minimum Gasteiger partial charge on any atom is -0.493 e. The van der Waals surface area contributed by atoms with Crippen molar-refractivity contribution in [2.45, 2.75) is 25.4 Å². The molecule has 148 valence electrons. The lowest BCUT2D eigenvalue weighted by Gasteiger charge is -2.30. The number of likely N-dealkylation sites (tertiary alicyclic amines) is 1. The first-order valence-corrected chi connectivity index (χ1v) is 9.41. The number of ether oxygens (including phenoxy) is 3. The van der Waals surface area contributed by atoms with Crippen LogP contribution in [0.4, 0.5) is 0 Å². The van der Waals surface area contributed by atoms with Crippen LogP contribution < -0.4 is 9.47 Å². The summed E-state index contributed by atoms with van der Waals surface area (Å²) in [5.74, 6) is -0.112. The molecule has 1 atom stereocenters. The lowest BCUT2D eigenvalue weighted by molar-refractivity contribution is -0.142. The smallest absolute Gasteiger partial charge is 0.343 e. The van der Waals surface area contributed by atoms with Gasteiger partial charge in [-0.15, -0.1) is 0 Å². The third-order valence-electron chi connectivity index (χ3n) is 4.84. The van der Waals surface area contributed by atoms with Gasteiger partial charge in [-0.05, 0) is 31.4 Å². The number of carbonyl (C=O) groups excluding carboxylic acids is 2. The van der Waals surface area contributed by atoms with E-state index in [1.807, 2.05) is 18.2 Å². The standard InChI is InChI=1S/C22H25NO5/c1-26-18-13-9-12-17(20(18)27-2)22(25)28-19(16-10-5-3-6-11-16)21(24)23-14-7-4-8-15-23/h3,5-6,9-13,19H,4,7-8,14-15H2,1-2H3. The minimum absolute atomic E-state index is 0.193. The Labute approximate surface area is 165 Å². The van der Waals surface area contributed by atoms with Gasteiger partial charge in [0, 0.05) is 18.7 Å². The highest BCUT2D eigenvalue weighted by Crippen LogP contribution is 2.33. The van der Waals surface area contributed by atoms with Crippen LogP contribution in [-0.2, 0) is 9.53 Å². The maximum atomic E-state index is 13.1. The van der Waals surface area contributed by atoms with Crippen molar-refractivity contribution in [3.63, 3.8) is 0 Å². The van der Waals surface area contributed by atoms with Gasteiger partial charge < -0.3 is 19.1 Å². The van der Waals surface area contributed by atoms with E-state index in [0.29, 0.717) is 24.4 Å². The van der Waals surface area contributed by atoms with Crippen molar-refractivity contribution in [3.05, 3.63) is 59.7 Å². The molecular weight excluding hydrogens is 358 g/mol. The van der Waals surface area contributed by atoms with Gasteiger partial charge in [0.25, 0.3) is 5.91 Å². The zero-order chi connectivity index (χ0) is 19.9. The van der Waals surface area contributed by atoms with Gasteiger partial charge in [-0.3, -0.25) is 4.79 Å². The Bertz CT molecular complexity index is 815. The maximum Gasteiger partial charge on any atom is 0.343 e. The Morgan fingerprint density at radius 3 is 2.25 bits per heavy atom. The lowest BCUT2D eigenvalue weighted by Crippen LogP contribution is -2.40. The van der Waals surface area contributed by atoms with E-state index < -0.39 is 12.1 Å². The zero-order valence-electron chi connectivity index (χ0n) is 16.2. The third-order valence-corrected chi connectivity index (χ3v) is 4.84. The average Bonchev–Trinajstić information content (AvgIpc) is 2.77. The molecule has 0 spiro atoms. The lowest BCUT2D eigenvalue weighted by atomic mass is 10.1. The molecular formula is C22H25NO5. The molecule has 1 aliphatic heterocycles. The van der Waals surface area contributed by atoms with E-state index in [2.05, 4.69) is 0 Å². The van der Waals surface area contributed by atoms with Crippen molar-refractivity contribution >= 4 is 11.9 Å². The van der Waals surface area contributed by atoms with Crippen LogP contribution >= 0.6 is 0 Å². The number of nitrogens with zero attached hydrogens (tertiary/aromatic N) is 1. The fourth-order valence-corrected chi connectivity index (χ4v) is 3.39. The van der Waals surface area contributed by atoms with E-state index in [4.69, 9.17) is 14.2 Å². The summed E-state index contributed by atoms with van der Waals surface area (Å²) in [7, 11) is 2.96. The largest absolute Gasteiger partial charge is 0.493 e. The second-order valence-corrected chi connectivity index (χ2v) is 6.62. The number of amides is 1. The number of esters is 1. The summed E-state index contributed by atoms with van der Waals surface area (Å²) in [5, 5.41) is 0. The van der Waals surface area contributed by atoms with E-state index in [1.165, 1.54) is 14.2 Å². The van der Waals surface area contributed by atoms with Crippen LogP contribution in [-0.4, -0.2) is 44.1 Å². The topological polar surface area (TPSA) is 65.1 Å². The van der Waals surface area contributed by atoms with Crippen LogP contribution in [0.2, 0.25) is 0 Å². The van der Waals surface area contributed by atoms with Crippen LogP contribution in [0.3, 0.4) is 0 Å². The highest BCUT2D eigenvalue weighted by molar-refractivity contribution is 5.96. The number of rotatable bonds is 6. The Morgan fingerprint density at radius 2 is 1.61 bits per heavy atom. The molecule has 1 amide bonds. The second kappa shape index (κ2) is 9.26. The molecule has 0 radical (unpaired) electrons. The van der Waals surface area contributed by atoms with Gasteiger partial charge in [-0.1, -0.05) is 36.4 Å². The normalized spacial score (nSPS) is 14.9. The molecule has 2 aromatic carbocycles. The van der Waals surface area contributed by atoms with Gasteiger partial charge in [-0.25, -0.2) is 4.79 Å². The first-order chi connectivity index (χ1) is 13.7. The summed E-state index contributed by atoms with van der Waals surface area (Å²) in [6, 6.07) is 14.1. The van der Waals surface area contributed by atoms with Crippen LogP contribution in [0.15, 0.2) is 48.5 Å². The summed E-state index contributed by atoms with van der Waals surface area (Å²) in [6.45, 7) is 1.37. The first-order valence-electron chi connectivity index (χ1n) is 9.41. The summed E-state index contributed by atoms with van der Waals surface area (Å²) in [6.07, 6.45) is 2.04. The van der Waals surface area contributed by atoms with Crippen molar-refractivity contribution in [1.82, 2.24) is 4.90 Å². The minimum atomic E-state index is -0.997. The Balaban J connectivity index is 1.89. The molecule has 0 N–H and O–H groups in total. The fraction of sp³-hybridized carbons (Fsp3) is 0.364. The summed E-state index contributed by atoms with van der Waals surface area (Å²) in [4.78, 5) is 27.8. The van der Waals surface area contributed by atoms with Crippen molar-refractivity contribution in [1.29, 1.82) is 0 Å². The van der Waals surface area contributed by atoms with Gasteiger partial charge in [0.05, 0.1) is 14.2 Å². The van der Waals surface area contributed by atoms with E-state index in [9.17, 15) is 9.59 Å². The summed E-state index contributed by atoms with van der Waals surface area (Å²) in [5.41, 5.74) is 0.863. The van der Waals surface area contributed by atoms with Crippen molar-refractivity contribution in [3.8, 4) is 11.5 Å². The van der Waals surface area contributed by atoms with E-state index in [1.54, 1.807) is 35.2 Å². The molecule has 0 saturated carbocycles. The van der Waals surface area contributed by atoms with Gasteiger partial charge in [0.1, 0.15) is 5.56 Å². The Morgan fingerprint density at radius 1 is 0.893 bits per heavy atom. The number of methoxy groups -OCH3 is 2. The van der Waals surface area contributed by atoms with Crippen LogP contribution in [0.25, 0.3) is 0 Å². The van der Waals surface area contributed by atoms with Crippen LogP contribution in [0, 0.1) is 0 Å². The predicted octanol–water partition coefficient (Wildman–Crippen LogP) is 3.61. The van der Waals surface area contributed by atoms with Crippen molar-refractivity contribution < 1.29 is 23.8 Å². The fourth-order valence-electron chi connectivity index (χ4n) is 3.39. The maximum absolute atomic E-state index is 13.1. The van der Waals surface area contributed by atoms with Gasteiger partial charge in [0.2, 0.25) is 6.10 Å². The number of para-hydroxylation sites is 1. The van der Waals surface area contributed by atoms with Gasteiger partial charge in [0.15, 0.2) is 11.5 Å². The SMILES string of the molecule is COc1cccc(C(=O)OC(C(=O)N2CCCCC2)c2ccccc2)c1OC. The molecule has 1 fully saturated rings. The molecule has 6 heteroatoms. The van der Waals surface area contributed by atoms with Crippen LogP contribution in [0.5, 0.6) is 11.5 Å². The molecule has 1 aliphatic rings. The highest BCUT2D eigenvalue weighted by Gasteiger charge is 2.31. The quantitative estimate of drug-likeness (QED) is 0.713. The van der Waals surface area contributed by atoms with E-state index in [-0.39, 0.29) is 17.2 Å². The third kappa shape index (κ3) is 4.27. The first kappa shape index (κ1) is 19.7. The molecule has 1 unspecified atom stereocenters. The zero-order valence-corrected chi connectivity index (χ0v) is 16.2.